The molecular formula is C24H30N10O5. The number of rotatable bonds is 9. The number of aliphatic hydroxyl groups is 1. The second kappa shape index (κ2) is 11.8. The smallest absolute Gasteiger partial charge is 0.292 e. The van der Waals surface area contributed by atoms with Gasteiger partial charge in [-0.3, -0.25) is 19.2 Å². The zero-order chi connectivity index (χ0) is 28.9. The van der Waals surface area contributed by atoms with Crippen molar-refractivity contribution in [2.24, 2.45) is 21.1 Å². The molecule has 15 heteroatoms. The van der Waals surface area contributed by atoms with Crippen LogP contribution in [0.25, 0.3) is 0 Å². The van der Waals surface area contributed by atoms with Crippen LogP contribution in [0.1, 0.15) is 31.7 Å². The van der Waals surface area contributed by atoms with Crippen molar-refractivity contribution >= 4 is 35.1 Å². The molecule has 0 aliphatic heterocycles. The third kappa shape index (κ3) is 6.91. The molecule has 39 heavy (non-hydrogen) atoms. The summed E-state index contributed by atoms with van der Waals surface area (Å²) in [6, 6.07) is 1.48. The molecule has 0 fully saturated rings. The third-order valence-electron chi connectivity index (χ3n) is 5.26. The van der Waals surface area contributed by atoms with E-state index >= 15 is 0 Å². The Bertz CT molecular complexity index is 1470. The molecule has 0 unspecified atom stereocenters. The van der Waals surface area contributed by atoms with Crippen LogP contribution in [0.5, 0.6) is 0 Å². The maximum Gasteiger partial charge on any atom is 0.292 e. The number of imidazole rings is 2. The molecule has 206 valence electrons. The van der Waals surface area contributed by atoms with Crippen molar-refractivity contribution < 1.29 is 24.3 Å². The topological polar surface area (TPSA) is 180 Å². The van der Waals surface area contributed by atoms with Gasteiger partial charge in [0, 0.05) is 79.3 Å². The summed E-state index contributed by atoms with van der Waals surface area (Å²) in [7, 11) is 9.69. The summed E-state index contributed by atoms with van der Waals surface area (Å²) in [4.78, 5) is 59.5. The van der Waals surface area contributed by atoms with E-state index in [0.29, 0.717) is 11.4 Å². The maximum absolute atomic E-state index is 13.0. The van der Waals surface area contributed by atoms with E-state index in [2.05, 4.69) is 31.2 Å². The lowest BCUT2D eigenvalue weighted by Gasteiger charge is -2.13. The van der Waals surface area contributed by atoms with Crippen molar-refractivity contribution in [3.63, 3.8) is 0 Å². The number of aryl methyl sites for hydroxylation is 3. The average molecular weight is 539 g/mol. The van der Waals surface area contributed by atoms with E-state index < -0.39 is 23.5 Å². The minimum absolute atomic E-state index is 0.0712. The molecule has 0 aliphatic carbocycles. The Morgan fingerprint density at radius 3 is 2.28 bits per heavy atom. The number of aromatic nitrogens is 5. The molecule has 3 aromatic rings. The Morgan fingerprint density at radius 1 is 0.949 bits per heavy atom. The highest BCUT2D eigenvalue weighted by Crippen LogP contribution is 2.14. The van der Waals surface area contributed by atoms with E-state index in [1.165, 1.54) is 51.6 Å². The number of nitrogens with zero attached hydrogens (tertiary/aromatic N) is 6. The van der Waals surface area contributed by atoms with Gasteiger partial charge < -0.3 is 45.0 Å². The first-order valence-electron chi connectivity index (χ1n) is 11.5. The minimum atomic E-state index is -0.707. The summed E-state index contributed by atoms with van der Waals surface area (Å²) < 4.78 is 4.47. The van der Waals surface area contributed by atoms with Gasteiger partial charge in [0.15, 0.2) is 11.6 Å². The number of hydrogen-bond acceptors (Lipinski definition) is 8. The summed E-state index contributed by atoms with van der Waals surface area (Å²) in [5.41, 5.74) is 0.577. The molecule has 4 amide bonds. The summed E-state index contributed by atoms with van der Waals surface area (Å²) in [5.74, 6) is -2.56. The second-order valence-corrected chi connectivity index (χ2v) is 8.66. The Kier molecular flexibility index (Phi) is 8.55. The normalized spacial score (nSPS) is 11.6. The monoisotopic (exact) mass is 538 g/mol. The quantitative estimate of drug-likeness (QED) is 0.147. The molecule has 3 heterocycles. The molecule has 0 radical (unpaired) electrons. The first kappa shape index (κ1) is 28.2. The predicted molar refractivity (Wildman–Crippen MR) is 142 cm³/mol. The van der Waals surface area contributed by atoms with Crippen LogP contribution in [-0.4, -0.2) is 78.4 Å². The van der Waals surface area contributed by atoms with Crippen LogP contribution in [0.2, 0.25) is 0 Å². The highest BCUT2D eigenvalue weighted by molar-refractivity contribution is 6.03. The lowest BCUT2D eigenvalue weighted by atomic mass is 10.3. The SMILES string of the molecule is CNC(=O)c1cc(NC(=O)/C=C(O)/C(=C\N(C)C)NC(=O)c2nc(NC(=O)c3nccn3C)cn2C)cn1C. The molecule has 5 N–H and O–H groups in total. The van der Waals surface area contributed by atoms with Crippen LogP contribution in [-0.2, 0) is 25.9 Å². The first-order chi connectivity index (χ1) is 18.4. The summed E-state index contributed by atoms with van der Waals surface area (Å²) >= 11 is 0. The zero-order valence-corrected chi connectivity index (χ0v) is 22.3. The van der Waals surface area contributed by atoms with Gasteiger partial charge in [-0.05, 0) is 6.07 Å². The first-order valence-corrected chi connectivity index (χ1v) is 11.5. The van der Waals surface area contributed by atoms with Gasteiger partial charge in [-0.15, -0.1) is 0 Å². The highest BCUT2D eigenvalue weighted by Gasteiger charge is 2.20. The van der Waals surface area contributed by atoms with Gasteiger partial charge in [-0.25, -0.2) is 9.97 Å². The fourth-order valence-electron chi connectivity index (χ4n) is 3.46. The number of nitrogens with one attached hydrogen (secondary N) is 4. The Morgan fingerprint density at radius 2 is 1.67 bits per heavy atom. The zero-order valence-electron chi connectivity index (χ0n) is 22.3. The van der Waals surface area contributed by atoms with Crippen molar-refractivity contribution in [3.05, 3.63) is 71.9 Å². The van der Waals surface area contributed by atoms with Crippen molar-refractivity contribution in [2.45, 2.75) is 0 Å². The van der Waals surface area contributed by atoms with Crippen LogP contribution < -0.4 is 21.3 Å². The molecule has 0 aliphatic rings. The van der Waals surface area contributed by atoms with Crippen molar-refractivity contribution in [1.29, 1.82) is 0 Å². The summed E-state index contributed by atoms with van der Waals surface area (Å²) in [5, 5.41) is 20.8. The molecule has 3 rings (SSSR count). The largest absolute Gasteiger partial charge is 0.506 e. The van der Waals surface area contributed by atoms with Gasteiger partial charge in [-0.2, -0.15) is 0 Å². The van der Waals surface area contributed by atoms with Crippen LogP contribution in [0.3, 0.4) is 0 Å². The van der Waals surface area contributed by atoms with Crippen LogP contribution >= 0.6 is 0 Å². The Labute approximate surface area is 223 Å². The fourth-order valence-corrected chi connectivity index (χ4v) is 3.46. The molecule has 15 nitrogen and oxygen atoms in total. The number of aliphatic hydroxyl groups excluding tert-OH is 1. The van der Waals surface area contributed by atoms with Gasteiger partial charge in [0.2, 0.25) is 5.82 Å². The van der Waals surface area contributed by atoms with Gasteiger partial charge in [-0.1, -0.05) is 0 Å². The highest BCUT2D eigenvalue weighted by atomic mass is 16.3. The Hall–Kier alpha value is -5.34. The van der Waals surface area contributed by atoms with Crippen LogP contribution in [0.4, 0.5) is 11.5 Å². The summed E-state index contributed by atoms with van der Waals surface area (Å²) in [6.45, 7) is 0. The number of carbonyl (C=O) groups excluding carboxylic acids is 4. The van der Waals surface area contributed by atoms with Crippen molar-refractivity contribution in [2.75, 3.05) is 31.8 Å². The molecule has 0 bridgehead atoms. The fraction of sp³-hybridized carbons (Fsp3) is 0.250. The maximum atomic E-state index is 13.0. The van der Waals surface area contributed by atoms with Gasteiger partial charge in [0.05, 0.1) is 11.4 Å². The molecule has 0 aromatic carbocycles. The molecule has 3 aromatic heterocycles. The second-order valence-electron chi connectivity index (χ2n) is 8.66. The van der Waals surface area contributed by atoms with Crippen molar-refractivity contribution in [1.82, 2.24) is 39.2 Å². The van der Waals surface area contributed by atoms with Gasteiger partial charge in [0.1, 0.15) is 11.5 Å². The van der Waals surface area contributed by atoms with Crippen molar-refractivity contribution in [3.8, 4) is 0 Å². The average Bonchev–Trinajstić information content (AvgIpc) is 3.55. The lowest BCUT2D eigenvalue weighted by molar-refractivity contribution is -0.112. The predicted octanol–water partition coefficient (Wildman–Crippen LogP) is 0.317. The van der Waals surface area contributed by atoms with E-state index in [-0.39, 0.29) is 29.1 Å². The van der Waals surface area contributed by atoms with E-state index in [4.69, 9.17) is 0 Å². The number of carbonyl (C=O) groups is 4. The molecular weight excluding hydrogens is 508 g/mol. The van der Waals surface area contributed by atoms with Gasteiger partial charge in [0.25, 0.3) is 23.6 Å². The molecule has 0 atom stereocenters. The van der Waals surface area contributed by atoms with E-state index in [1.807, 2.05) is 0 Å². The number of anilines is 2. The van der Waals surface area contributed by atoms with Crippen LogP contribution in [0, 0.1) is 0 Å². The van der Waals surface area contributed by atoms with Gasteiger partial charge >= 0.3 is 0 Å². The number of amides is 4. The van der Waals surface area contributed by atoms with Crippen LogP contribution in [0.15, 0.2) is 54.6 Å². The molecule has 0 saturated carbocycles. The molecule has 0 saturated heterocycles. The van der Waals surface area contributed by atoms with E-state index in [1.54, 1.807) is 46.3 Å². The standard InChI is InChI=1S/C24H30N10O5/c1-25-22(37)16-9-14(11-33(16)5)27-19(36)10-17(35)15(12-31(2)3)28-24(39)21-29-18(13-34(21)6)30-23(38)20-26-7-8-32(20)4/h7-13,35H,1-6H3,(H,25,37)(H,27,36)(H,28,39)(H,30,38)/b15-12+,17-10-. The van der Waals surface area contributed by atoms with E-state index in [0.717, 1.165) is 6.08 Å². The summed E-state index contributed by atoms with van der Waals surface area (Å²) in [6.07, 6.45) is 8.37. The Balaban J connectivity index is 1.74. The minimum Gasteiger partial charge on any atom is -0.506 e. The lowest BCUT2D eigenvalue weighted by Crippen LogP contribution is -2.28. The number of hydrogen-bond donors (Lipinski definition) is 5. The third-order valence-corrected chi connectivity index (χ3v) is 5.26. The van der Waals surface area contributed by atoms with E-state index in [9.17, 15) is 24.3 Å². The molecule has 0 spiro atoms.